The summed E-state index contributed by atoms with van der Waals surface area (Å²) in [6, 6.07) is 9.61. The molecule has 1 fully saturated rings. The zero-order chi connectivity index (χ0) is 13.6. The smallest absolute Gasteiger partial charge is 0.253 e. The molecule has 1 aromatic carbocycles. The van der Waals surface area contributed by atoms with E-state index in [0.29, 0.717) is 24.9 Å². The number of piperazine rings is 1. The van der Waals surface area contributed by atoms with Crippen LogP contribution >= 0.6 is 0 Å². The van der Waals surface area contributed by atoms with Gasteiger partial charge in [-0.25, -0.2) is 0 Å². The molecular formula is C14H18N4O2. The van der Waals surface area contributed by atoms with Crippen LogP contribution in [0.3, 0.4) is 0 Å². The summed E-state index contributed by atoms with van der Waals surface area (Å²) in [5, 5.41) is 11.4. The molecule has 6 heteroatoms. The van der Waals surface area contributed by atoms with E-state index in [9.17, 15) is 0 Å². The van der Waals surface area contributed by atoms with Gasteiger partial charge in [0.15, 0.2) is 6.61 Å². The third-order valence-corrected chi connectivity index (χ3v) is 3.18. The Balaban J connectivity index is 1.51. The van der Waals surface area contributed by atoms with Gasteiger partial charge in [-0.3, -0.25) is 4.90 Å². The molecule has 1 aromatic heterocycles. The first-order valence-electron chi connectivity index (χ1n) is 6.82. The minimum absolute atomic E-state index is 0.304. The normalized spacial score (nSPS) is 16.2. The van der Waals surface area contributed by atoms with Crippen LogP contribution in [0.1, 0.15) is 11.8 Å². The molecule has 2 aromatic rings. The summed E-state index contributed by atoms with van der Waals surface area (Å²) in [6.45, 7) is 5.06. The molecule has 6 nitrogen and oxygen atoms in total. The van der Waals surface area contributed by atoms with Crippen molar-refractivity contribution in [3.8, 4) is 5.75 Å². The molecule has 0 radical (unpaired) electrons. The number of hydrogen-bond acceptors (Lipinski definition) is 6. The Bertz CT molecular complexity index is 523. The number of rotatable bonds is 5. The fourth-order valence-electron chi connectivity index (χ4n) is 2.13. The van der Waals surface area contributed by atoms with Crippen molar-refractivity contribution in [1.29, 1.82) is 0 Å². The van der Waals surface area contributed by atoms with E-state index in [-0.39, 0.29) is 0 Å². The van der Waals surface area contributed by atoms with Crippen molar-refractivity contribution in [3.63, 3.8) is 0 Å². The summed E-state index contributed by atoms with van der Waals surface area (Å²) < 4.78 is 11.2. The van der Waals surface area contributed by atoms with Crippen LogP contribution in [0.15, 0.2) is 34.7 Å². The Hall–Kier alpha value is -1.92. The fourth-order valence-corrected chi connectivity index (χ4v) is 2.13. The second-order valence-electron chi connectivity index (χ2n) is 4.72. The van der Waals surface area contributed by atoms with Crippen LogP contribution in [-0.2, 0) is 13.2 Å². The van der Waals surface area contributed by atoms with Crippen LogP contribution in [-0.4, -0.2) is 41.3 Å². The Labute approximate surface area is 117 Å². The van der Waals surface area contributed by atoms with Crippen LogP contribution in [0.5, 0.6) is 5.75 Å². The van der Waals surface area contributed by atoms with Crippen molar-refractivity contribution >= 4 is 0 Å². The standard InChI is InChI=1S/C14H18N4O2/c1-2-4-12(5-3-1)19-11-14-17-16-13(20-14)10-18-8-6-15-7-9-18/h1-5,15H,6-11H2. The Kier molecular flexibility index (Phi) is 4.25. The second kappa shape index (κ2) is 6.49. The van der Waals surface area contributed by atoms with Gasteiger partial charge < -0.3 is 14.5 Å². The largest absolute Gasteiger partial charge is 0.484 e. The maximum atomic E-state index is 5.60. The van der Waals surface area contributed by atoms with Crippen LogP contribution in [0.4, 0.5) is 0 Å². The van der Waals surface area contributed by atoms with Gasteiger partial charge in [0.1, 0.15) is 5.75 Å². The van der Waals surface area contributed by atoms with E-state index in [1.807, 2.05) is 30.3 Å². The van der Waals surface area contributed by atoms with Gasteiger partial charge in [-0.1, -0.05) is 18.2 Å². The Morgan fingerprint density at radius 2 is 1.85 bits per heavy atom. The molecule has 1 N–H and O–H groups in total. The summed E-state index contributed by atoms with van der Waals surface area (Å²) in [6.07, 6.45) is 0. The molecule has 1 aliphatic rings. The third kappa shape index (κ3) is 3.55. The predicted molar refractivity (Wildman–Crippen MR) is 73.2 cm³/mol. The van der Waals surface area contributed by atoms with Gasteiger partial charge in [-0.2, -0.15) is 0 Å². The van der Waals surface area contributed by atoms with Gasteiger partial charge >= 0.3 is 0 Å². The van der Waals surface area contributed by atoms with Crippen LogP contribution < -0.4 is 10.1 Å². The Morgan fingerprint density at radius 3 is 2.65 bits per heavy atom. The Morgan fingerprint density at radius 1 is 1.10 bits per heavy atom. The molecule has 3 rings (SSSR count). The molecule has 0 unspecified atom stereocenters. The predicted octanol–water partition coefficient (Wildman–Crippen LogP) is 1.05. The third-order valence-electron chi connectivity index (χ3n) is 3.18. The van der Waals surface area contributed by atoms with E-state index in [4.69, 9.17) is 9.15 Å². The van der Waals surface area contributed by atoms with Crippen molar-refractivity contribution < 1.29 is 9.15 Å². The number of hydrogen-bond donors (Lipinski definition) is 1. The van der Waals surface area contributed by atoms with E-state index in [2.05, 4.69) is 20.4 Å². The van der Waals surface area contributed by atoms with Crippen molar-refractivity contribution in [3.05, 3.63) is 42.1 Å². The van der Waals surface area contributed by atoms with Gasteiger partial charge in [0, 0.05) is 26.2 Å². The molecule has 0 amide bonds. The van der Waals surface area contributed by atoms with Gasteiger partial charge in [-0.15, -0.1) is 10.2 Å². The molecule has 2 heterocycles. The zero-order valence-electron chi connectivity index (χ0n) is 11.3. The number of nitrogens with one attached hydrogen (secondary N) is 1. The van der Waals surface area contributed by atoms with E-state index < -0.39 is 0 Å². The maximum Gasteiger partial charge on any atom is 0.253 e. The van der Waals surface area contributed by atoms with Crippen molar-refractivity contribution in [2.75, 3.05) is 26.2 Å². The number of para-hydroxylation sites is 1. The lowest BCUT2D eigenvalue weighted by Gasteiger charge is -2.25. The summed E-state index contributed by atoms with van der Waals surface area (Å²) in [5.74, 6) is 1.96. The van der Waals surface area contributed by atoms with Crippen LogP contribution in [0, 0.1) is 0 Å². The lowest BCUT2D eigenvalue weighted by molar-refractivity contribution is 0.203. The van der Waals surface area contributed by atoms with E-state index >= 15 is 0 Å². The fraction of sp³-hybridized carbons (Fsp3) is 0.429. The second-order valence-corrected chi connectivity index (χ2v) is 4.72. The zero-order valence-corrected chi connectivity index (χ0v) is 11.3. The van der Waals surface area contributed by atoms with Gasteiger partial charge in [0.25, 0.3) is 5.89 Å². The maximum absolute atomic E-state index is 5.60. The lowest BCUT2D eigenvalue weighted by Crippen LogP contribution is -2.42. The van der Waals surface area contributed by atoms with Gasteiger partial charge in [0.05, 0.1) is 6.54 Å². The molecule has 0 atom stereocenters. The minimum Gasteiger partial charge on any atom is -0.484 e. The highest BCUT2D eigenvalue weighted by Crippen LogP contribution is 2.11. The van der Waals surface area contributed by atoms with Crippen molar-refractivity contribution in [1.82, 2.24) is 20.4 Å². The van der Waals surface area contributed by atoms with Gasteiger partial charge in [-0.05, 0) is 12.1 Å². The molecule has 0 aliphatic carbocycles. The number of ether oxygens (including phenoxy) is 1. The highest BCUT2D eigenvalue weighted by atomic mass is 16.5. The first-order valence-corrected chi connectivity index (χ1v) is 6.82. The van der Waals surface area contributed by atoms with Crippen LogP contribution in [0.25, 0.3) is 0 Å². The summed E-state index contributed by atoms with van der Waals surface area (Å²) >= 11 is 0. The lowest BCUT2D eigenvalue weighted by atomic mass is 10.3. The molecule has 106 valence electrons. The average molecular weight is 274 g/mol. The molecule has 20 heavy (non-hydrogen) atoms. The van der Waals surface area contributed by atoms with Gasteiger partial charge in [0.2, 0.25) is 5.89 Å². The van der Waals surface area contributed by atoms with Crippen molar-refractivity contribution in [2.45, 2.75) is 13.2 Å². The molecule has 1 saturated heterocycles. The molecule has 0 spiro atoms. The minimum atomic E-state index is 0.304. The number of nitrogens with zero attached hydrogens (tertiary/aromatic N) is 3. The van der Waals surface area contributed by atoms with Crippen molar-refractivity contribution in [2.24, 2.45) is 0 Å². The van der Waals surface area contributed by atoms with E-state index in [0.717, 1.165) is 31.9 Å². The first kappa shape index (κ1) is 13.1. The summed E-state index contributed by atoms with van der Waals surface area (Å²) in [4.78, 5) is 2.30. The van der Waals surface area contributed by atoms with E-state index in [1.54, 1.807) is 0 Å². The monoisotopic (exact) mass is 274 g/mol. The van der Waals surface area contributed by atoms with Crippen LogP contribution in [0.2, 0.25) is 0 Å². The highest BCUT2D eigenvalue weighted by Gasteiger charge is 2.14. The molecular weight excluding hydrogens is 256 g/mol. The number of benzene rings is 1. The van der Waals surface area contributed by atoms with E-state index in [1.165, 1.54) is 0 Å². The number of aromatic nitrogens is 2. The topological polar surface area (TPSA) is 63.4 Å². The molecule has 1 aliphatic heterocycles. The average Bonchev–Trinajstić information content (AvgIpc) is 2.95. The molecule has 0 saturated carbocycles. The summed E-state index contributed by atoms with van der Waals surface area (Å²) in [5.41, 5.74) is 0. The summed E-state index contributed by atoms with van der Waals surface area (Å²) in [7, 11) is 0. The first-order chi connectivity index (χ1) is 9.90. The molecule has 0 bridgehead atoms. The SMILES string of the molecule is c1ccc(OCc2nnc(CN3CCNCC3)o2)cc1. The highest BCUT2D eigenvalue weighted by molar-refractivity contribution is 5.20. The quantitative estimate of drug-likeness (QED) is 0.879.